The van der Waals surface area contributed by atoms with Gasteiger partial charge in [0.25, 0.3) is 0 Å². The van der Waals surface area contributed by atoms with Gasteiger partial charge in [0.15, 0.2) is 0 Å². The number of hydrogen-bond acceptors (Lipinski definition) is 3. The molecular weight excluding hydrogens is 238 g/mol. The standard InChI is InChI=1S/C16H23NO2/c1-3-12-9-13(6-7-14(12)18-2)16(10-19-11-16)15-5-4-8-17-15/h6-7,9,15,17H,3-5,8,10-11H2,1-2H3. The van der Waals surface area contributed by atoms with Gasteiger partial charge < -0.3 is 14.8 Å². The van der Waals surface area contributed by atoms with Crippen LogP contribution >= 0.6 is 0 Å². The summed E-state index contributed by atoms with van der Waals surface area (Å²) in [6.45, 7) is 5.02. The summed E-state index contributed by atoms with van der Waals surface area (Å²) in [7, 11) is 1.74. The first-order chi connectivity index (χ1) is 9.30. The van der Waals surface area contributed by atoms with Crippen LogP contribution in [0.15, 0.2) is 18.2 Å². The molecule has 1 unspecified atom stereocenters. The van der Waals surface area contributed by atoms with Crippen LogP contribution < -0.4 is 10.1 Å². The van der Waals surface area contributed by atoms with E-state index in [1.54, 1.807) is 7.11 Å². The lowest BCUT2D eigenvalue weighted by Gasteiger charge is -2.46. The molecule has 19 heavy (non-hydrogen) atoms. The number of rotatable bonds is 4. The van der Waals surface area contributed by atoms with Gasteiger partial charge in [-0.3, -0.25) is 0 Å². The molecule has 1 aromatic carbocycles. The van der Waals surface area contributed by atoms with Gasteiger partial charge in [-0.15, -0.1) is 0 Å². The van der Waals surface area contributed by atoms with E-state index < -0.39 is 0 Å². The summed E-state index contributed by atoms with van der Waals surface area (Å²) >= 11 is 0. The van der Waals surface area contributed by atoms with E-state index in [1.807, 2.05) is 0 Å². The third-order valence-electron chi connectivity index (χ3n) is 4.68. The molecule has 0 spiro atoms. The highest BCUT2D eigenvalue weighted by atomic mass is 16.5. The third-order valence-corrected chi connectivity index (χ3v) is 4.68. The number of benzene rings is 1. The number of hydrogen-bond donors (Lipinski definition) is 1. The predicted octanol–water partition coefficient (Wildman–Crippen LogP) is 2.28. The van der Waals surface area contributed by atoms with Crippen molar-refractivity contribution in [2.24, 2.45) is 0 Å². The second-order valence-corrected chi connectivity index (χ2v) is 5.68. The van der Waals surface area contributed by atoms with E-state index in [1.165, 1.54) is 24.0 Å². The topological polar surface area (TPSA) is 30.5 Å². The summed E-state index contributed by atoms with van der Waals surface area (Å²) in [5.41, 5.74) is 2.90. The summed E-state index contributed by atoms with van der Waals surface area (Å²) < 4.78 is 11.0. The monoisotopic (exact) mass is 261 g/mol. The van der Waals surface area contributed by atoms with Gasteiger partial charge in [0, 0.05) is 6.04 Å². The first kappa shape index (κ1) is 12.9. The first-order valence-corrected chi connectivity index (χ1v) is 7.28. The molecule has 0 bridgehead atoms. The van der Waals surface area contributed by atoms with E-state index >= 15 is 0 Å². The molecule has 2 fully saturated rings. The van der Waals surface area contributed by atoms with E-state index in [2.05, 4.69) is 30.4 Å². The van der Waals surface area contributed by atoms with Crippen LogP contribution in [0.4, 0.5) is 0 Å². The van der Waals surface area contributed by atoms with Crippen LogP contribution in [0.5, 0.6) is 5.75 Å². The van der Waals surface area contributed by atoms with E-state index in [0.717, 1.165) is 31.9 Å². The molecule has 3 nitrogen and oxygen atoms in total. The Morgan fingerprint density at radius 1 is 1.42 bits per heavy atom. The van der Waals surface area contributed by atoms with Crippen LogP contribution in [-0.4, -0.2) is 32.9 Å². The molecule has 0 saturated carbocycles. The summed E-state index contributed by atoms with van der Waals surface area (Å²) in [5.74, 6) is 1.00. The quantitative estimate of drug-likeness (QED) is 0.902. The molecule has 0 amide bonds. The normalized spacial score (nSPS) is 25.1. The molecule has 0 radical (unpaired) electrons. The Morgan fingerprint density at radius 3 is 2.79 bits per heavy atom. The summed E-state index contributed by atoms with van der Waals surface area (Å²) in [4.78, 5) is 0. The van der Waals surface area contributed by atoms with Crippen molar-refractivity contribution in [2.75, 3.05) is 26.9 Å². The Kier molecular flexibility index (Phi) is 3.50. The fourth-order valence-corrected chi connectivity index (χ4v) is 3.41. The Balaban J connectivity index is 1.95. The van der Waals surface area contributed by atoms with Crippen LogP contribution in [0.25, 0.3) is 0 Å². The van der Waals surface area contributed by atoms with Crippen molar-refractivity contribution in [3.63, 3.8) is 0 Å². The minimum absolute atomic E-state index is 0.187. The maximum atomic E-state index is 5.56. The van der Waals surface area contributed by atoms with Crippen molar-refractivity contribution in [1.82, 2.24) is 5.32 Å². The predicted molar refractivity (Wildman–Crippen MR) is 75.9 cm³/mol. The molecule has 2 saturated heterocycles. The lowest BCUT2D eigenvalue weighted by atomic mass is 9.71. The highest BCUT2D eigenvalue weighted by molar-refractivity contribution is 5.42. The average Bonchev–Trinajstić information content (AvgIpc) is 2.91. The van der Waals surface area contributed by atoms with Gasteiger partial charge in [-0.2, -0.15) is 0 Å². The molecule has 1 N–H and O–H groups in total. The zero-order valence-electron chi connectivity index (χ0n) is 11.9. The van der Waals surface area contributed by atoms with Crippen LogP contribution in [0.1, 0.15) is 30.9 Å². The first-order valence-electron chi connectivity index (χ1n) is 7.28. The van der Waals surface area contributed by atoms with Crippen LogP contribution in [0.3, 0.4) is 0 Å². The number of aryl methyl sites for hydroxylation is 1. The minimum atomic E-state index is 0.187. The van der Waals surface area contributed by atoms with Crippen molar-refractivity contribution in [3.05, 3.63) is 29.3 Å². The lowest BCUT2D eigenvalue weighted by molar-refractivity contribution is -0.0761. The largest absolute Gasteiger partial charge is 0.496 e. The lowest BCUT2D eigenvalue weighted by Crippen LogP contribution is -2.58. The van der Waals surface area contributed by atoms with Crippen molar-refractivity contribution < 1.29 is 9.47 Å². The van der Waals surface area contributed by atoms with Crippen molar-refractivity contribution in [1.29, 1.82) is 0 Å². The van der Waals surface area contributed by atoms with Gasteiger partial charge in [-0.1, -0.05) is 19.1 Å². The Hall–Kier alpha value is -1.06. The van der Waals surface area contributed by atoms with E-state index in [4.69, 9.17) is 9.47 Å². The molecule has 3 rings (SSSR count). The molecule has 0 aromatic heterocycles. The molecule has 3 heteroatoms. The molecule has 2 aliphatic heterocycles. The second kappa shape index (κ2) is 5.14. The fourth-order valence-electron chi connectivity index (χ4n) is 3.41. The molecule has 1 aromatic rings. The molecule has 1 atom stereocenters. The number of methoxy groups -OCH3 is 1. The number of nitrogens with one attached hydrogen (secondary N) is 1. The van der Waals surface area contributed by atoms with E-state index in [-0.39, 0.29) is 5.41 Å². The van der Waals surface area contributed by atoms with Gasteiger partial charge in [-0.25, -0.2) is 0 Å². The summed E-state index contributed by atoms with van der Waals surface area (Å²) in [5, 5.41) is 3.65. The average molecular weight is 261 g/mol. The Labute approximate surface area is 115 Å². The zero-order valence-corrected chi connectivity index (χ0v) is 11.9. The van der Waals surface area contributed by atoms with Crippen LogP contribution in [0.2, 0.25) is 0 Å². The molecule has 2 aliphatic rings. The highest BCUT2D eigenvalue weighted by Gasteiger charge is 2.48. The molecule has 2 heterocycles. The van der Waals surface area contributed by atoms with Gasteiger partial charge in [-0.05, 0) is 43.0 Å². The van der Waals surface area contributed by atoms with Crippen molar-refractivity contribution >= 4 is 0 Å². The van der Waals surface area contributed by atoms with Gasteiger partial charge in [0.2, 0.25) is 0 Å². The van der Waals surface area contributed by atoms with Gasteiger partial charge in [0.05, 0.1) is 25.7 Å². The summed E-state index contributed by atoms with van der Waals surface area (Å²) in [6.07, 6.45) is 3.55. The maximum absolute atomic E-state index is 5.56. The Bertz CT molecular complexity index is 448. The number of ether oxygens (including phenoxy) is 2. The molecule has 104 valence electrons. The van der Waals surface area contributed by atoms with E-state index in [0.29, 0.717) is 6.04 Å². The second-order valence-electron chi connectivity index (χ2n) is 5.68. The van der Waals surface area contributed by atoms with Crippen LogP contribution in [0, 0.1) is 0 Å². The third kappa shape index (κ3) is 2.05. The maximum Gasteiger partial charge on any atom is 0.122 e. The minimum Gasteiger partial charge on any atom is -0.496 e. The zero-order chi connectivity index (χ0) is 13.3. The van der Waals surface area contributed by atoms with Gasteiger partial charge in [0.1, 0.15) is 5.75 Å². The highest BCUT2D eigenvalue weighted by Crippen LogP contribution is 2.40. The van der Waals surface area contributed by atoms with Gasteiger partial charge >= 0.3 is 0 Å². The SMILES string of the molecule is CCc1cc(C2(C3CCCN3)COC2)ccc1OC. The smallest absolute Gasteiger partial charge is 0.122 e. The van der Waals surface area contributed by atoms with Crippen molar-refractivity contribution in [3.8, 4) is 5.75 Å². The molecule has 0 aliphatic carbocycles. The Morgan fingerprint density at radius 2 is 2.26 bits per heavy atom. The van der Waals surface area contributed by atoms with E-state index in [9.17, 15) is 0 Å². The fraction of sp³-hybridized carbons (Fsp3) is 0.625. The molecular formula is C16H23NO2. The summed E-state index contributed by atoms with van der Waals surface area (Å²) in [6, 6.07) is 7.23. The van der Waals surface area contributed by atoms with Crippen LogP contribution in [-0.2, 0) is 16.6 Å². The van der Waals surface area contributed by atoms with Crippen molar-refractivity contribution in [2.45, 2.75) is 37.6 Å².